The van der Waals surface area contributed by atoms with Gasteiger partial charge in [0.1, 0.15) is 33.6 Å². The maximum atomic E-state index is 14.6. The minimum Gasteiger partial charge on any atom is -0.508 e. The molecule has 2 fully saturated rings. The first-order valence-electron chi connectivity index (χ1n) is 15.5. The van der Waals surface area contributed by atoms with Crippen LogP contribution < -0.4 is 5.43 Å². The van der Waals surface area contributed by atoms with E-state index in [0.29, 0.717) is 12.0 Å². The van der Waals surface area contributed by atoms with E-state index >= 15 is 0 Å². The Labute approximate surface area is 261 Å². The van der Waals surface area contributed by atoms with E-state index in [9.17, 15) is 34.5 Å². The average molecular weight is 617 g/mol. The molecule has 2 aromatic rings. The molecule has 45 heavy (non-hydrogen) atoms. The number of hydrogen-bond acceptors (Lipinski definition) is 9. The molecule has 0 aliphatic heterocycles. The number of phenolic OH excluding ortho intramolecular Hbond substituents is 2. The fourth-order valence-electron chi connectivity index (χ4n) is 9.43. The number of methoxy groups -OCH3 is 1. The van der Waals surface area contributed by atoms with Crippen LogP contribution in [-0.2, 0) is 24.5 Å². The Morgan fingerprint density at radius 3 is 2.47 bits per heavy atom. The van der Waals surface area contributed by atoms with Crippen LogP contribution in [0, 0.1) is 28.6 Å². The van der Waals surface area contributed by atoms with Crippen LogP contribution in [0.15, 0.2) is 63.0 Å². The molecule has 0 bridgehead atoms. The van der Waals surface area contributed by atoms with Crippen molar-refractivity contribution in [1.82, 2.24) is 0 Å². The van der Waals surface area contributed by atoms with E-state index in [-0.39, 0.29) is 70.2 Å². The molecule has 1 heterocycles. The maximum Gasteiger partial charge on any atom is 0.202 e. The van der Waals surface area contributed by atoms with Gasteiger partial charge in [-0.05, 0) is 43.9 Å². The maximum absolute atomic E-state index is 14.6. The van der Waals surface area contributed by atoms with Gasteiger partial charge in [0.15, 0.2) is 22.8 Å². The van der Waals surface area contributed by atoms with Crippen LogP contribution in [0.5, 0.6) is 11.5 Å². The summed E-state index contributed by atoms with van der Waals surface area (Å²) in [5.74, 6) is -4.45. The highest BCUT2D eigenvalue weighted by molar-refractivity contribution is 6.14. The number of ketones is 3. The Morgan fingerprint density at radius 1 is 1.07 bits per heavy atom. The normalized spacial score (nSPS) is 34.6. The van der Waals surface area contributed by atoms with Crippen LogP contribution in [0.1, 0.15) is 72.0 Å². The standard InChI is InChI=1S/C36H40O9/c1-18-8-9-21-32(42)27(44-6)16-29(41)36(21,30-15-25(40)31-24(39)12-20(37)13-26(31)45-30)22(18)17-35(43)19(2)23(38)14-28-33(3,4)10-7-11-34(28,35)5/h8,12-13,15-16,21-22,28,37,39,43H,2,7,9-11,14,17H2,1,3-6H3/t21-,22+,28-,34-,35+,36-/m0/s1. The van der Waals surface area contributed by atoms with Gasteiger partial charge in [-0.2, -0.15) is 0 Å². The van der Waals surface area contributed by atoms with Crippen molar-refractivity contribution in [2.24, 2.45) is 28.6 Å². The average Bonchev–Trinajstić information content (AvgIpc) is 2.95. The second-order valence-corrected chi connectivity index (χ2v) is 14.4. The summed E-state index contributed by atoms with van der Waals surface area (Å²) in [6, 6.07) is 3.31. The molecule has 4 aliphatic carbocycles. The molecule has 1 aromatic heterocycles. The number of Topliss-reactive ketones (excluding diaryl/α,β-unsaturated/α-hetero) is 2. The predicted octanol–water partition coefficient (Wildman–Crippen LogP) is 5.19. The lowest BCUT2D eigenvalue weighted by Crippen LogP contribution is -2.65. The van der Waals surface area contributed by atoms with Gasteiger partial charge in [0.05, 0.1) is 12.7 Å². The van der Waals surface area contributed by atoms with Crippen LogP contribution in [0.2, 0.25) is 0 Å². The van der Waals surface area contributed by atoms with Crippen LogP contribution in [0.4, 0.5) is 0 Å². The van der Waals surface area contributed by atoms with Gasteiger partial charge in [-0.15, -0.1) is 0 Å². The van der Waals surface area contributed by atoms with Crippen molar-refractivity contribution < 1.29 is 38.9 Å². The summed E-state index contributed by atoms with van der Waals surface area (Å²) in [5.41, 5.74) is -4.61. The molecule has 0 radical (unpaired) electrons. The minimum absolute atomic E-state index is 0.0848. The summed E-state index contributed by atoms with van der Waals surface area (Å²) < 4.78 is 11.5. The number of phenols is 2. The molecule has 9 nitrogen and oxygen atoms in total. The van der Waals surface area contributed by atoms with Crippen LogP contribution in [-0.4, -0.2) is 45.4 Å². The van der Waals surface area contributed by atoms with E-state index in [2.05, 4.69) is 20.4 Å². The zero-order valence-corrected chi connectivity index (χ0v) is 26.4. The lowest BCUT2D eigenvalue weighted by atomic mass is 9.43. The van der Waals surface area contributed by atoms with Crippen molar-refractivity contribution in [3.63, 3.8) is 0 Å². The van der Waals surface area contributed by atoms with Crippen LogP contribution >= 0.6 is 0 Å². The highest BCUT2D eigenvalue weighted by Crippen LogP contribution is 2.65. The quantitative estimate of drug-likeness (QED) is 0.311. The zero-order chi connectivity index (χ0) is 32.9. The number of aromatic hydroxyl groups is 2. The largest absolute Gasteiger partial charge is 0.508 e. The van der Waals surface area contributed by atoms with Crippen molar-refractivity contribution >= 4 is 28.3 Å². The molecule has 238 valence electrons. The first kappa shape index (κ1) is 31.0. The molecular weight excluding hydrogens is 576 g/mol. The van der Waals surface area contributed by atoms with Gasteiger partial charge in [0.2, 0.25) is 5.78 Å². The SMILES string of the molecule is C=C1C(=O)C[C@H]2C(C)(C)CCC[C@]2(C)[C@@]1(O)C[C@@H]1C(C)=CC[C@H]2C(=O)C(OC)=CC(=O)[C@@]12c1cc(=O)c2c(O)cc(O)cc2o1. The summed E-state index contributed by atoms with van der Waals surface area (Å²) in [7, 11) is 1.30. The molecule has 4 aliphatic rings. The third kappa shape index (κ3) is 4.08. The van der Waals surface area contributed by atoms with Gasteiger partial charge in [0.25, 0.3) is 0 Å². The molecule has 6 atom stereocenters. The van der Waals surface area contributed by atoms with Gasteiger partial charge < -0.3 is 24.5 Å². The monoisotopic (exact) mass is 616 g/mol. The molecule has 6 rings (SSSR count). The van der Waals surface area contributed by atoms with Gasteiger partial charge in [-0.25, -0.2) is 0 Å². The molecular formula is C36H40O9. The van der Waals surface area contributed by atoms with Crippen molar-refractivity contribution in [3.8, 4) is 11.5 Å². The highest BCUT2D eigenvalue weighted by atomic mass is 16.5. The molecule has 3 N–H and O–H groups in total. The fourth-order valence-corrected chi connectivity index (χ4v) is 9.43. The summed E-state index contributed by atoms with van der Waals surface area (Å²) >= 11 is 0. The Kier molecular flexibility index (Phi) is 6.90. The van der Waals surface area contributed by atoms with Crippen LogP contribution in [0.3, 0.4) is 0 Å². The smallest absolute Gasteiger partial charge is 0.202 e. The van der Waals surface area contributed by atoms with Crippen molar-refractivity contribution in [3.05, 3.63) is 69.8 Å². The Bertz CT molecular complexity index is 1810. The number of carbonyl (C=O) groups is 3. The summed E-state index contributed by atoms with van der Waals surface area (Å²) in [4.78, 5) is 55.7. The van der Waals surface area contributed by atoms with E-state index in [1.54, 1.807) is 0 Å². The Morgan fingerprint density at radius 2 is 1.78 bits per heavy atom. The second kappa shape index (κ2) is 10.0. The van der Waals surface area contributed by atoms with Crippen LogP contribution in [0.25, 0.3) is 11.0 Å². The van der Waals surface area contributed by atoms with E-state index < -0.39 is 51.0 Å². The van der Waals surface area contributed by atoms with Gasteiger partial charge >= 0.3 is 0 Å². The van der Waals surface area contributed by atoms with Gasteiger partial charge in [-0.3, -0.25) is 19.2 Å². The lowest BCUT2D eigenvalue weighted by Gasteiger charge is -2.62. The topological polar surface area (TPSA) is 151 Å². The number of benzene rings is 1. The molecule has 0 spiro atoms. The molecule has 0 saturated heterocycles. The zero-order valence-electron chi connectivity index (χ0n) is 26.4. The van der Waals surface area contributed by atoms with Crippen molar-refractivity contribution in [1.29, 1.82) is 0 Å². The Hall–Kier alpha value is -3.98. The summed E-state index contributed by atoms with van der Waals surface area (Å²) in [5, 5.41) is 33.4. The number of carbonyl (C=O) groups excluding carboxylic acids is 3. The number of hydrogen-bond donors (Lipinski definition) is 3. The van der Waals surface area contributed by atoms with Gasteiger partial charge in [0, 0.05) is 53.5 Å². The van der Waals surface area contributed by atoms with Crippen molar-refractivity contribution in [2.75, 3.05) is 7.11 Å². The fraction of sp³-hybridized carbons (Fsp3) is 0.500. The summed E-state index contributed by atoms with van der Waals surface area (Å²) in [6.07, 6.45) is 5.62. The Balaban J connectivity index is 1.63. The second-order valence-electron chi connectivity index (χ2n) is 14.4. The number of ether oxygens (including phenoxy) is 1. The molecule has 1 aromatic carbocycles. The third-order valence-electron chi connectivity index (χ3n) is 11.9. The van der Waals surface area contributed by atoms with Crippen molar-refractivity contribution in [2.45, 2.75) is 77.2 Å². The number of rotatable bonds is 4. The number of allylic oxidation sites excluding steroid dienone is 4. The van der Waals surface area contributed by atoms with Gasteiger partial charge in [-0.1, -0.05) is 45.4 Å². The molecule has 2 saturated carbocycles. The van der Waals surface area contributed by atoms with E-state index in [0.717, 1.165) is 31.1 Å². The predicted molar refractivity (Wildman–Crippen MR) is 166 cm³/mol. The highest BCUT2D eigenvalue weighted by Gasteiger charge is 2.67. The van der Waals surface area contributed by atoms with E-state index in [1.165, 1.54) is 13.2 Å². The number of fused-ring (bicyclic) bond motifs is 3. The minimum atomic E-state index is -1.81. The first-order valence-corrected chi connectivity index (χ1v) is 15.5. The van der Waals surface area contributed by atoms with E-state index in [1.807, 2.05) is 19.9 Å². The number of aliphatic hydroxyl groups is 1. The molecule has 0 amide bonds. The molecule has 9 heteroatoms. The summed E-state index contributed by atoms with van der Waals surface area (Å²) in [6.45, 7) is 12.2. The lowest BCUT2D eigenvalue weighted by molar-refractivity contribution is -0.173. The molecule has 0 unspecified atom stereocenters. The first-order chi connectivity index (χ1) is 21.0. The van der Waals surface area contributed by atoms with E-state index in [4.69, 9.17) is 9.15 Å². The third-order valence-corrected chi connectivity index (χ3v) is 11.9.